The van der Waals surface area contributed by atoms with E-state index in [1.807, 2.05) is 42.5 Å². The van der Waals surface area contributed by atoms with Gasteiger partial charge in [-0.15, -0.1) is 0 Å². The fourth-order valence-corrected chi connectivity index (χ4v) is 2.84. The average Bonchev–Trinajstić information content (AvgIpc) is 2.70. The average molecular weight is 258 g/mol. The van der Waals surface area contributed by atoms with Gasteiger partial charge in [-0.2, -0.15) is 0 Å². The SMILES string of the molecule is [B]c1ccc2[nH]c3c(c2c1)CC(=O)Nc1ccccc1-3. The maximum Gasteiger partial charge on any atom is 0.228 e. The lowest BCUT2D eigenvalue weighted by molar-refractivity contribution is -0.115. The fraction of sp³-hybridized carbons (Fsp3) is 0.0625. The number of para-hydroxylation sites is 1. The summed E-state index contributed by atoms with van der Waals surface area (Å²) in [6, 6.07) is 13.6. The van der Waals surface area contributed by atoms with Gasteiger partial charge in [-0.05, 0) is 17.7 Å². The van der Waals surface area contributed by atoms with Gasteiger partial charge in [-0.25, -0.2) is 0 Å². The Kier molecular flexibility index (Phi) is 2.27. The second-order valence-corrected chi connectivity index (χ2v) is 5.05. The molecular formula is C16H11BN2O. The van der Waals surface area contributed by atoms with E-state index in [0.29, 0.717) is 11.9 Å². The third-order valence-electron chi connectivity index (χ3n) is 3.74. The van der Waals surface area contributed by atoms with Crippen LogP contribution in [0.2, 0.25) is 0 Å². The van der Waals surface area contributed by atoms with E-state index in [9.17, 15) is 4.79 Å². The summed E-state index contributed by atoms with van der Waals surface area (Å²) in [5.74, 6) is -0.000440. The number of H-pyrrole nitrogens is 1. The highest BCUT2D eigenvalue weighted by atomic mass is 16.1. The Hall–Kier alpha value is -2.49. The third-order valence-corrected chi connectivity index (χ3v) is 3.74. The first kappa shape index (κ1) is 11.4. The molecule has 0 saturated heterocycles. The second-order valence-electron chi connectivity index (χ2n) is 5.05. The maximum absolute atomic E-state index is 12.1. The van der Waals surface area contributed by atoms with Crippen molar-refractivity contribution in [3.8, 4) is 11.3 Å². The first-order chi connectivity index (χ1) is 9.72. The van der Waals surface area contributed by atoms with Crippen molar-refractivity contribution in [2.75, 3.05) is 5.32 Å². The van der Waals surface area contributed by atoms with E-state index in [2.05, 4.69) is 10.3 Å². The number of anilines is 1. The molecule has 0 atom stereocenters. The lowest BCUT2D eigenvalue weighted by Crippen LogP contribution is -2.12. The van der Waals surface area contributed by atoms with Gasteiger partial charge in [0.1, 0.15) is 7.85 Å². The van der Waals surface area contributed by atoms with E-state index in [1.54, 1.807) is 0 Å². The zero-order chi connectivity index (χ0) is 13.7. The van der Waals surface area contributed by atoms with E-state index < -0.39 is 0 Å². The summed E-state index contributed by atoms with van der Waals surface area (Å²) in [4.78, 5) is 15.5. The van der Waals surface area contributed by atoms with Crippen molar-refractivity contribution in [2.24, 2.45) is 0 Å². The van der Waals surface area contributed by atoms with Crippen LogP contribution in [0.3, 0.4) is 0 Å². The molecule has 4 rings (SSSR count). The quantitative estimate of drug-likeness (QED) is 0.596. The molecule has 3 aromatic rings. The molecule has 0 saturated carbocycles. The number of carbonyl (C=O) groups is 1. The predicted molar refractivity (Wildman–Crippen MR) is 81.5 cm³/mol. The standard InChI is InChI=1S/C16H11BN2O/c17-9-5-6-14-11(7-9)12-8-15(20)18-13-4-2-1-3-10(13)16(12)19-14/h1-7,19H,8H2,(H,18,20). The molecule has 2 radical (unpaired) electrons. The Labute approximate surface area is 117 Å². The summed E-state index contributed by atoms with van der Waals surface area (Å²) >= 11 is 0. The fourth-order valence-electron chi connectivity index (χ4n) is 2.84. The summed E-state index contributed by atoms with van der Waals surface area (Å²) in [6.07, 6.45) is 0.355. The molecule has 1 aromatic heterocycles. The van der Waals surface area contributed by atoms with Gasteiger partial charge in [0, 0.05) is 16.5 Å². The molecule has 1 aliphatic rings. The maximum atomic E-state index is 12.1. The molecule has 1 amide bonds. The van der Waals surface area contributed by atoms with Crippen molar-refractivity contribution in [3.05, 3.63) is 48.0 Å². The van der Waals surface area contributed by atoms with Crippen molar-refractivity contribution in [1.82, 2.24) is 4.98 Å². The number of benzene rings is 2. The first-order valence-electron chi connectivity index (χ1n) is 6.52. The molecule has 20 heavy (non-hydrogen) atoms. The molecule has 4 heteroatoms. The molecule has 0 bridgehead atoms. The molecule has 2 N–H and O–H groups in total. The number of nitrogens with one attached hydrogen (secondary N) is 2. The van der Waals surface area contributed by atoms with Crippen LogP contribution in [0, 0.1) is 0 Å². The smallest absolute Gasteiger partial charge is 0.228 e. The van der Waals surface area contributed by atoms with Crippen molar-refractivity contribution in [1.29, 1.82) is 0 Å². The number of aromatic nitrogens is 1. The monoisotopic (exact) mass is 258 g/mol. The van der Waals surface area contributed by atoms with Crippen molar-refractivity contribution >= 4 is 35.8 Å². The van der Waals surface area contributed by atoms with Crippen LogP contribution >= 0.6 is 0 Å². The Morgan fingerprint density at radius 1 is 1.10 bits per heavy atom. The Morgan fingerprint density at radius 2 is 1.95 bits per heavy atom. The zero-order valence-corrected chi connectivity index (χ0v) is 10.7. The highest BCUT2D eigenvalue weighted by molar-refractivity contribution is 6.33. The van der Waals surface area contributed by atoms with Crippen LogP contribution in [0.5, 0.6) is 0 Å². The van der Waals surface area contributed by atoms with E-state index in [-0.39, 0.29) is 5.91 Å². The van der Waals surface area contributed by atoms with Crippen molar-refractivity contribution in [3.63, 3.8) is 0 Å². The highest BCUT2D eigenvalue weighted by Gasteiger charge is 2.22. The summed E-state index contributed by atoms with van der Waals surface area (Å²) < 4.78 is 0. The largest absolute Gasteiger partial charge is 0.354 e. The molecular weight excluding hydrogens is 247 g/mol. The molecule has 1 aliphatic heterocycles. The summed E-state index contributed by atoms with van der Waals surface area (Å²) in [5, 5.41) is 3.96. The number of amides is 1. The van der Waals surface area contributed by atoms with Gasteiger partial charge < -0.3 is 10.3 Å². The number of hydrogen-bond acceptors (Lipinski definition) is 1. The second kappa shape index (κ2) is 4.00. The van der Waals surface area contributed by atoms with Crippen LogP contribution in [0.4, 0.5) is 5.69 Å². The van der Waals surface area contributed by atoms with Crippen LogP contribution in [-0.2, 0) is 11.2 Å². The summed E-state index contributed by atoms with van der Waals surface area (Å²) in [6.45, 7) is 0. The molecule has 2 aromatic carbocycles. The van der Waals surface area contributed by atoms with E-state index in [1.165, 1.54) is 0 Å². The molecule has 3 nitrogen and oxygen atoms in total. The van der Waals surface area contributed by atoms with Gasteiger partial charge in [-0.1, -0.05) is 35.8 Å². The molecule has 2 heterocycles. The lowest BCUT2D eigenvalue weighted by atomic mass is 9.93. The normalized spacial score (nSPS) is 13.5. The third kappa shape index (κ3) is 1.58. The number of aromatic amines is 1. The highest BCUT2D eigenvalue weighted by Crippen LogP contribution is 2.36. The van der Waals surface area contributed by atoms with Gasteiger partial charge >= 0.3 is 0 Å². The first-order valence-corrected chi connectivity index (χ1v) is 6.52. The minimum atomic E-state index is -0.000440. The minimum absolute atomic E-state index is 0.000440. The Morgan fingerprint density at radius 3 is 2.85 bits per heavy atom. The number of fused-ring (bicyclic) bond motifs is 5. The predicted octanol–water partition coefficient (Wildman–Crippen LogP) is 2.12. The van der Waals surface area contributed by atoms with Gasteiger partial charge in [-0.3, -0.25) is 4.79 Å². The van der Waals surface area contributed by atoms with Crippen LogP contribution in [-0.4, -0.2) is 18.7 Å². The lowest BCUT2D eigenvalue weighted by Gasteiger charge is -2.05. The van der Waals surface area contributed by atoms with Gasteiger partial charge in [0.15, 0.2) is 0 Å². The van der Waals surface area contributed by atoms with Crippen molar-refractivity contribution in [2.45, 2.75) is 6.42 Å². The van der Waals surface area contributed by atoms with Crippen LogP contribution in [0.1, 0.15) is 5.56 Å². The van der Waals surface area contributed by atoms with Crippen LogP contribution in [0.15, 0.2) is 42.5 Å². The zero-order valence-electron chi connectivity index (χ0n) is 10.7. The van der Waals surface area contributed by atoms with E-state index in [4.69, 9.17) is 7.85 Å². The summed E-state index contributed by atoms with van der Waals surface area (Å²) in [7, 11) is 5.87. The molecule has 0 fully saturated rings. The number of carbonyl (C=O) groups excluding carboxylic acids is 1. The molecule has 0 aliphatic carbocycles. The van der Waals surface area contributed by atoms with Crippen LogP contribution < -0.4 is 10.8 Å². The number of rotatable bonds is 0. The van der Waals surface area contributed by atoms with Gasteiger partial charge in [0.05, 0.1) is 17.8 Å². The van der Waals surface area contributed by atoms with Crippen LogP contribution in [0.25, 0.3) is 22.2 Å². The number of hydrogen-bond donors (Lipinski definition) is 2. The van der Waals surface area contributed by atoms with Gasteiger partial charge in [0.2, 0.25) is 5.91 Å². The van der Waals surface area contributed by atoms with Gasteiger partial charge in [0.25, 0.3) is 0 Å². The Balaban J connectivity index is 2.10. The van der Waals surface area contributed by atoms with Crippen molar-refractivity contribution < 1.29 is 4.79 Å². The topological polar surface area (TPSA) is 44.9 Å². The van der Waals surface area contributed by atoms with E-state index in [0.717, 1.165) is 33.4 Å². The molecule has 0 spiro atoms. The molecule has 0 unspecified atom stereocenters. The Bertz CT molecular complexity index is 851. The molecule has 94 valence electrons. The minimum Gasteiger partial charge on any atom is -0.354 e. The van der Waals surface area contributed by atoms with E-state index >= 15 is 0 Å². The summed E-state index contributed by atoms with van der Waals surface area (Å²) in [5.41, 5.74) is 5.58.